The summed E-state index contributed by atoms with van der Waals surface area (Å²) < 4.78 is 6.12. The van der Waals surface area contributed by atoms with Gasteiger partial charge < -0.3 is 10.5 Å². The Morgan fingerprint density at radius 2 is 2.05 bits per heavy atom. The number of fused-ring (bicyclic) bond motifs is 1. The zero-order chi connectivity index (χ0) is 15.1. The fourth-order valence-electron chi connectivity index (χ4n) is 2.53. The van der Waals surface area contributed by atoms with Crippen molar-refractivity contribution in [1.82, 2.24) is 4.98 Å². The number of ether oxygens (including phenoxy) is 1. The molecule has 0 saturated heterocycles. The molecule has 0 radical (unpaired) electrons. The van der Waals surface area contributed by atoms with Gasteiger partial charge in [0.25, 0.3) is 0 Å². The second-order valence-electron chi connectivity index (χ2n) is 5.56. The summed E-state index contributed by atoms with van der Waals surface area (Å²) in [4.78, 5) is 4.55. The Labute approximate surface area is 127 Å². The summed E-state index contributed by atoms with van der Waals surface area (Å²) in [5, 5.41) is 1.07. The largest absolute Gasteiger partial charge is 0.493 e. The monoisotopic (exact) mass is 286 g/mol. The first-order valence-corrected chi connectivity index (χ1v) is 8.00. The van der Waals surface area contributed by atoms with Crippen LogP contribution in [-0.4, -0.2) is 11.6 Å². The second-order valence-corrected chi connectivity index (χ2v) is 5.56. The van der Waals surface area contributed by atoms with E-state index in [4.69, 9.17) is 10.5 Å². The third kappa shape index (κ3) is 4.18. The van der Waals surface area contributed by atoms with Crippen molar-refractivity contribution in [3.63, 3.8) is 0 Å². The Balaban J connectivity index is 2.16. The van der Waals surface area contributed by atoms with Crippen molar-refractivity contribution in [3.05, 3.63) is 36.0 Å². The van der Waals surface area contributed by atoms with Gasteiger partial charge in [-0.3, -0.25) is 4.98 Å². The van der Waals surface area contributed by atoms with Crippen molar-refractivity contribution in [2.24, 2.45) is 11.7 Å². The molecule has 114 valence electrons. The maximum atomic E-state index is 6.12. The lowest BCUT2D eigenvalue weighted by Crippen LogP contribution is -2.12. The van der Waals surface area contributed by atoms with Crippen LogP contribution in [0, 0.1) is 5.92 Å². The molecule has 1 unspecified atom stereocenters. The molecule has 0 aliphatic carbocycles. The summed E-state index contributed by atoms with van der Waals surface area (Å²) in [6.07, 6.45) is 4.91. The van der Waals surface area contributed by atoms with E-state index < -0.39 is 0 Å². The highest BCUT2D eigenvalue weighted by Crippen LogP contribution is 2.26. The Morgan fingerprint density at radius 3 is 2.76 bits per heavy atom. The van der Waals surface area contributed by atoms with Gasteiger partial charge in [-0.1, -0.05) is 45.2 Å². The van der Waals surface area contributed by atoms with Crippen LogP contribution in [0.3, 0.4) is 0 Å². The van der Waals surface area contributed by atoms with Gasteiger partial charge in [0.05, 0.1) is 17.8 Å². The quantitative estimate of drug-likeness (QED) is 0.787. The van der Waals surface area contributed by atoms with Gasteiger partial charge in [-0.15, -0.1) is 0 Å². The normalized spacial score (nSPS) is 12.5. The lowest BCUT2D eigenvalue weighted by Gasteiger charge is -2.17. The minimum atomic E-state index is 0.439. The lowest BCUT2D eigenvalue weighted by atomic mass is 10.0. The molecule has 2 aromatic rings. The summed E-state index contributed by atoms with van der Waals surface area (Å²) in [6, 6.07) is 10.1. The number of unbranched alkanes of at least 4 members (excludes halogenated alkanes) is 1. The van der Waals surface area contributed by atoms with E-state index in [2.05, 4.69) is 24.9 Å². The topological polar surface area (TPSA) is 48.1 Å². The molecule has 2 N–H and O–H groups in total. The van der Waals surface area contributed by atoms with E-state index >= 15 is 0 Å². The molecule has 0 fully saturated rings. The van der Waals surface area contributed by atoms with Crippen molar-refractivity contribution >= 4 is 10.9 Å². The highest BCUT2D eigenvalue weighted by atomic mass is 16.5. The van der Waals surface area contributed by atoms with Gasteiger partial charge >= 0.3 is 0 Å². The van der Waals surface area contributed by atoms with Gasteiger partial charge in [-0.2, -0.15) is 0 Å². The first-order chi connectivity index (χ1) is 10.3. The predicted molar refractivity (Wildman–Crippen MR) is 88.4 cm³/mol. The molecule has 0 aliphatic rings. The Kier molecular flexibility index (Phi) is 6.00. The highest BCUT2D eigenvalue weighted by molar-refractivity contribution is 5.85. The molecule has 0 saturated carbocycles. The molecule has 3 nitrogen and oxygen atoms in total. The van der Waals surface area contributed by atoms with E-state index in [0.29, 0.717) is 12.5 Å². The van der Waals surface area contributed by atoms with E-state index in [9.17, 15) is 0 Å². The first-order valence-electron chi connectivity index (χ1n) is 8.00. The zero-order valence-electron chi connectivity index (χ0n) is 13.1. The van der Waals surface area contributed by atoms with Crippen LogP contribution in [0.15, 0.2) is 30.3 Å². The Bertz CT molecular complexity index is 568. The van der Waals surface area contributed by atoms with Gasteiger partial charge in [-0.25, -0.2) is 0 Å². The lowest BCUT2D eigenvalue weighted by molar-refractivity contribution is 0.235. The number of hydrogen-bond acceptors (Lipinski definition) is 3. The number of aromatic nitrogens is 1. The smallest absolute Gasteiger partial charge is 0.130 e. The van der Waals surface area contributed by atoms with Gasteiger partial charge in [0.2, 0.25) is 0 Å². The highest BCUT2D eigenvalue weighted by Gasteiger charge is 2.10. The number of para-hydroxylation sites is 1. The van der Waals surface area contributed by atoms with Crippen LogP contribution in [0.1, 0.15) is 45.2 Å². The molecule has 1 atom stereocenters. The summed E-state index contributed by atoms with van der Waals surface area (Å²) in [5.41, 5.74) is 7.58. The number of rotatable bonds is 8. The third-order valence-electron chi connectivity index (χ3n) is 3.96. The molecule has 0 bridgehead atoms. The summed E-state index contributed by atoms with van der Waals surface area (Å²) in [6.45, 7) is 5.68. The van der Waals surface area contributed by atoms with E-state index in [1.165, 1.54) is 19.3 Å². The van der Waals surface area contributed by atoms with Gasteiger partial charge in [0.15, 0.2) is 0 Å². The van der Waals surface area contributed by atoms with Crippen molar-refractivity contribution in [2.75, 3.05) is 6.61 Å². The van der Waals surface area contributed by atoms with Crippen LogP contribution in [0.4, 0.5) is 0 Å². The molecule has 1 aromatic heterocycles. The molecule has 1 heterocycles. The molecule has 0 aliphatic heterocycles. The molecule has 0 spiro atoms. The van der Waals surface area contributed by atoms with Crippen LogP contribution in [-0.2, 0) is 6.54 Å². The summed E-state index contributed by atoms with van der Waals surface area (Å²) >= 11 is 0. The second kappa shape index (κ2) is 7.99. The van der Waals surface area contributed by atoms with Crippen LogP contribution in [0.5, 0.6) is 5.75 Å². The maximum absolute atomic E-state index is 6.12. The van der Waals surface area contributed by atoms with Crippen molar-refractivity contribution in [3.8, 4) is 5.75 Å². The SMILES string of the molecule is CCCCC(CC)COc1cc(CN)nc2ccccc12. The number of pyridine rings is 1. The number of hydrogen-bond donors (Lipinski definition) is 1. The number of benzene rings is 1. The minimum Gasteiger partial charge on any atom is -0.493 e. The Hall–Kier alpha value is -1.61. The van der Waals surface area contributed by atoms with Crippen LogP contribution in [0.2, 0.25) is 0 Å². The van der Waals surface area contributed by atoms with E-state index in [1.54, 1.807) is 0 Å². The van der Waals surface area contributed by atoms with E-state index in [0.717, 1.165) is 35.4 Å². The number of nitrogens with zero attached hydrogens (tertiary/aromatic N) is 1. The van der Waals surface area contributed by atoms with Crippen molar-refractivity contribution < 1.29 is 4.74 Å². The first kappa shape index (κ1) is 15.8. The van der Waals surface area contributed by atoms with Gasteiger partial charge in [-0.05, 0) is 24.5 Å². The standard InChI is InChI=1S/C18H26N2O/c1-3-5-8-14(4-2)13-21-18-11-15(12-19)20-17-10-7-6-9-16(17)18/h6-7,9-11,14H,3-5,8,12-13,19H2,1-2H3. The van der Waals surface area contributed by atoms with Crippen LogP contribution < -0.4 is 10.5 Å². The minimum absolute atomic E-state index is 0.439. The number of nitrogens with two attached hydrogens (primary N) is 1. The average molecular weight is 286 g/mol. The molecule has 3 heteroatoms. The molecular formula is C18H26N2O. The average Bonchev–Trinajstić information content (AvgIpc) is 2.54. The maximum Gasteiger partial charge on any atom is 0.130 e. The molecule has 21 heavy (non-hydrogen) atoms. The molecule has 1 aromatic carbocycles. The van der Waals surface area contributed by atoms with Crippen molar-refractivity contribution in [1.29, 1.82) is 0 Å². The van der Waals surface area contributed by atoms with Gasteiger partial charge in [0, 0.05) is 18.0 Å². The molecular weight excluding hydrogens is 260 g/mol. The fraction of sp³-hybridized carbons (Fsp3) is 0.500. The molecule has 2 rings (SSSR count). The van der Waals surface area contributed by atoms with Crippen LogP contribution in [0.25, 0.3) is 10.9 Å². The van der Waals surface area contributed by atoms with Gasteiger partial charge in [0.1, 0.15) is 5.75 Å². The summed E-state index contributed by atoms with van der Waals surface area (Å²) in [7, 11) is 0. The Morgan fingerprint density at radius 1 is 1.24 bits per heavy atom. The fourth-order valence-corrected chi connectivity index (χ4v) is 2.53. The predicted octanol–water partition coefficient (Wildman–Crippen LogP) is 4.29. The van der Waals surface area contributed by atoms with E-state index in [1.807, 2.05) is 24.3 Å². The van der Waals surface area contributed by atoms with Crippen LogP contribution >= 0.6 is 0 Å². The van der Waals surface area contributed by atoms with E-state index in [-0.39, 0.29) is 0 Å². The zero-order valence-corrected chi connectivity index (χ0v) is 13.1. The third-order valence-corrected chi connectivity index (χ3v) is 3.96. The molecule has 0 amide bonds. The summed E-state index contributed by atoms with van der Waals surface area (Å²) in [5.74, 6) is 1.54. The van der Waals surface area contributed by atoms with Crippen molar-refractivity contribution in [2.45, 2.75) is 46.1 Å².